The molecule has 2 N–H and O–H groups in total. The highest BCUT2D eigenvalue weighted by molar-refractivity contribution is 5.82. The second kappa shape index (κ2) is 15.5. The number of hydrogen-bond donors (Lipinski definition) is 2. The quantitative estimate of drug-likeness (QED) is 0.269. The van der Waals surface area contributed by atoms with Gasteiger partial charge in [0.2, 0.25) is 5.91 Å². The van der Waals surface area contributed by atoms with E-state index in [9.17, 15) is 19.2 Å². The summed E-state index contributed by atoms with van der Waals surface area (Å²) in [5.41, 5.74) is 1.16. The Hall–Kier alpha value is -3.89. The number of carbonyl (C=O) groups excluding carboxylic acids is 2. The molecule has 2 amide bonds. The van der Waals surface area contributed by atoms with Crippen molar-refractivity contribution >= 4 is 23.2 Å². The highest BCUT2D eigenvalue weighted by Crippen LogP contribution is 2.10. The molecule has 0 aliphatic heterocycles. The summed E-state index contributed by atoms with van der Waals surface area (Å²) in [5.74, 6) is -0.230. The summed E-state index contributed by atoms with van der Waals surface area (Å²) in [5, 5.41) is 5.27. The molecule has 11 nitrogen and oxygen atoms in total. The topological polar surface area (TPSA) is 129 Å². The number of unbranched alkanes of at least 4 members (excludes halogenated alkanes) is 8. The van der Waals surface area contributed by atoms with Crippen molar-refractivity contribution in [2.75, 3.05) is 13.1 Å². The standard InChI is InChI=1S/C28H40N6O5/c1-32-21-31-25-24(32)26(36)34(28(38)33(25)2)18-14-9-7-5-3-4-6-8-13-17-29-23(35)19-30-27(37)39-20-22-15-11-10-12-16-22/h10-12,15-16,21H,3-9,13-14,17-20H2,1-2H3,(H,29,35)(H,30,37). The third-order valence-corrected chi connectivity index (χ3v) is 6.69. The molecule has 3 aromatic rings. The number of aromatic nitrogens is 4. The zero-order valence-corrected chi connectivity index (χ0v) is 23.0. The SMILES string of the molecule is Cn1cnc2c1c(=O)n(CCCCCCCCCCCNC(=O)CNC(=O)OCc1ccccc1)c(=O)n2C. The lowest BCUT2D eigenvalue weighted by atomic mass is 10.1. The van der Waals surface area contributed by atoms with E-state index in [1.165, 1.54) is 9.13 Å². The first-order valence-electron chi connectivity index (χ1n) is 13.7. The van der Waals surface area contributed by atoms with E-state index in [2.05, 4.69) is 15.6 Å². The number of alkyl carbamates (subject to hydrolysis) is 1. The molecule has 1 aromatic carbocycles. The Balaban J connectivity index is 1.16. The molecule has 11 heteroatoms. The van der Waals surface area contributed by atoms with Gasteiger partial charge in [0.25, 0.3) is 5.56 Å². The number of rotatable bonds is 16. The van der Waals surface area contributed by atoms with Crippen LogP contribution in [0.1, 0.15) is 63.4 Å². The molecular formula is C28H40N6O5. The Morgan fingerprint density at radius 2 is 1.51 bits per heavy atom. The lowest BCUT2D eigenvalue weighted by molar-refractivity contribution is -0.120. The number of aryl methyl sites for hydroxylation is 2. The molecule has 0 saturated heterocycles. The Labute approximate surface area is 228 Å². The minimum absolute atomic E-state index is 0.102. The maximum absolute atomic E-state index is 12.7. The Morgan fingerprint density at radius 1 is 0.872 bits per heavy atom. The lowest BCUT2D eigenvalue weighted by Crippen LogP contribution is -2.39. The molecule has 0 fully saturated rings. The summed E-state index contributed by atoms with van der Waals surface area (Å²) >= 11 is 0. The predicted molar refractivity (Wildman–Crippen MR) is 149 cm³/mol. The largest absolute Gasteiger partial charge is 0.445 e. The number of amides is 2. The van der Waals surface area contributed by atoms with E-state index in [0.29, 0.717) is 24.3 Å². The van der Waals surface area contributed by atoms with Crippen LogP contribution in [-0.4, -0.2) is 43.8 Å². The van der Waals surface area contributed by atoms with Crippen molar-refractivity contribution < 1.29 is 14.3 Å². The smallest absolute Gasteiger partial charge is 0.407 e. The van der Waals surface area contributed by atoms with Gasteiger partial charge in [0.1, 0.15) is 6.61 Å². The Morgan fingerprint density at radius 3 is 2.21 bits per heavy atom. The first-order valence-corrected chi connectivity index (χ1v) is 13.7. The molecule has 0 unspecified atom stereocenters. The molecule has 2 heterocycles. The number of nitrogens with one attached hydrogen (secondary N) is 2. The van der Waals surface area contributed by atoms with Gasteiger partial charge in [0, 0.05) is 27.2 Å². The monoisotopic (exact) mass is 540 g/mol. The summed E-state index contributed by atoms with van der Waals surface area (Å²) in [4.78, 5) is 52.9. The van der Waals surface area contributed by atoms with Gasteiger partial charge in [-0.2, -0.15) is 0 Å². The molecule has 3 rings (SSSR count). The zero-order chi connectivity index (χ0) is 28.0. The molecule has 0 aliphatic carbocycles. The minimum atomic E-state index is -0.613. The Bertz CT molecular complexity index is 1330. The molecule has 212 valence electrons. The summed E-state index contributed by atoms with van der Waals surface area (Å²) in [6.45, 7) is 1.07. The molecule has 0 bridgehead atoms. The van der Waals surface area contributed by atoms with Gasteiger partial charge in [-0.05, 0) is 18.4 Å². The van der Waals surface area contributed by atoms with Crippen molar-refractivity contribution in [1.82, 2.24) is 29.3 Å². The van der Waals surface area contributed by atoms with Crippen LogP contribution in [0.15, 0.2) is 46.2 Å². The van der Waals surface area contributed by atoms with Gasteiger partial charge in [0.15, 0.2) is 11.2 Å². The summed E-state index contributed by atoms with van der Waals surface area (Å²) in [7, 11) is 3.40. The van der Waals surface area contributed by atoms with Crippen molar-refractivity contribution in [2.45, 2.75) is 70.9 Å². The van der Waals surface area contributed by atoms with Gasteiger partial charge in [-0.15, -0.1) is 0 Å². The maximum Gasteiger partial charge on any atom is 0.407 e. The minimum Gasteiger partial charge on any atom is -0.445 e. The van der Waals surface area contributed by atoms with Crippen LogP contribution in [0.2, 0.25) is 0 Å². The van der Waals surface area contributed by atoms with E-state index in [-0.39, 0.29) is 30.3 Å². The average Bonchev–Trinajstić information content (AvgIpc) is 3.33. The van der Waals surface area contributed by atoms with E-state index in [0.717, 1.165) is 63.4 Å². The van der Waals surface area contributed by atoms with Crippen molar-refractivity contribution in [3.05, 3.63) is 63.1 Å². The van der Waals surface area contributed by atoms with Crippen molar-refractivity contribution in [1.29, 1.82) is 0 Å². The van der Waals surface area contributed by atoms with Gasteiger partial charge in [-0.1, -0.05) is 75.3 Å². The van der Waals surface area contributed by atoms with Crippen LogP contribution >= 0.6 is 0 Å². The highest BCUT2D eigenvalue weighted by atomic mass is 16.5. The van der Waals surface area contributed by atoms with Crippen LogP contribution < -0.4 is 21.9 Å². The number of ether oxygens (including phenoxy) is 1. The molecule has 2 aromatic heterocycles. The number of benzene rings is 1. The van der Waals surface area contributed by atoms with Crippen LogP contribution in [0.4, 0.5) is 4.79 Å². The summed E-state index contributed by atoms with van der Waals surface area (Å²) < 4.78 is 9.49. The molecule has 0 aliphatic rings. The average molecular weight is 541 g/mol. The van der Waals surface area contributed by atoms with Crippen LogP contribution in [0.25, 0.3) is 11.2 Å². The van der Waals surface area contributed by atoms with Crippen molar-refractivity contribution in [3.63, 3.8) is 0 Å². The van der Waals surface area contributed by atoms with Crippen LogP contribution in [0.3, 0.4) is 0 Å². The summed E-state index contributed by atoms with van der Waals surface area (Å²) in [6.07, 6.45) is 10.2. The molecule has 0 atom stereocenters. The van der Waals surface area contributed by atoms with E-state index in [4.69, 9.17) is 4.74 Å². The van der Waals surface area contributed by atoms with Crippen LogP contribution in [-0.2, 0) is 36.8 Å². The molecular weight excluding hydrogens is 500 g/mol. The number of nitrogens with zero attached hydrogens (tertiary/aromatic N) is 4. The zero-order valence-electron chi connectivity index (χ0n) is 23.0. The summed E-state index contributed by atoms with van der Waals surface area (Å²) in [6, 6.07) is 9.36. The van der Waals surface area contributed by atoms with Gasteiger partial charge in [-0.3, -0.25) is 18.7 Å². The molecule has 0 radical (unpaired) electrons. The fraction of sp³-hybridized carbons (Fsp3) is 0.536. The van der Waals surface area contributed by atoms with Crippen LogP contribution in [0.5, 0.6) is 0 Å². The van der Waals surface area contributed by atoms with E-state index in [1.807, 2.05) is 30.3 Å². The second-order valence-electron chi connectivity index (χ2n) is 9.77. The number of imidazole rings is 1. The molecule has 0 saturated carbocycles. The molecule has 39 heavy (non-hydrogen) atoms. The molecule has 0 spiro atoms. The normalized spacial score (nSPS) is 11.0. The second-order valence-corrected chi connectivity index (χ2v) is 9.77. The van der Waals surface area contributed by atoms with E-state index in [1.54, 1.807) is 25.0 Å². The van der Waals surface area contributed by atoms with Gasteiger partial charge in [-0.25, -0.2) is 14.6 Å². The van der Waals surface area contributed by atoms with Gasteiger partial charge in [0.05, 0.1) is 12.9 Å². The Kier molecular flexibility index (Phi) is 11.8. The fourth-order valence-electron chi connectivity index (χ4n) is 4.44. The number of hydrogen-bond acceptors (Lipinski definition) is 6. The first kappa shape index (κ1) is 29.7. The number of fused-ring (bicyclic) bond motifs is 1. The van der Waals surface area contributed by atoms with Gasteiger partial charge < -0.3 is 19.9 Å². The lowest BCUT2D eigenvalue weighted by Gasteiger charge is -2.09. The van der Waals surface area contributed by atoms with Gasteiger partial charge >= 0.3 is 11.8 Å². The third-order valence-electron chi connectivity index (χ3n) is 6.69. The van der Waals surface area contributed by atoms with Crippen LogP contribution in [0, 0.1) is 0 Å². The first-order chi connectivity index (χ1) is 18.9. The van der Waals surface area contributed by atoms with Crippen molar-refractivity contribution in [2.24, 2.45) is 14.1 Å². The van der Waals surface area contributed by atoms with E-state index < -0.39 is 6.09 Å². The maximum atomic E-state index is 12.7. The fourth-order valence-corrected chi connectivity index (χ4v) is 4.44. The third kappa shape index (κ3) is 9.12. The number of carbonyl (C=O) groups is 2. The van der Waals surface area contributed by atoms with E-state index >= 15 is 0 Å². The predicted octanol–water partition coefficient (Wildman–Crippen LogP) is 2.99. The van der Waals surface area contributed by atoms with Crippen molar-refractivity contribution in [3.8, 4) is 0 Å². The highest BCUT2D eigenvalue weighted by Gasteiger charge is 2.14.